The maximum absolute atomic E-state index is 6.01. The Hall–Kier alpha value is -0.570. The lowest BCUT2D eigenvalue weighted by Crippen LogP contribution is -2.31. The van der Waals surface area contributed by atoms with Gasteiger partial charge in [-0.3, -0.25) is 0 Å². The van der Waals surface area contributed by atoms with E-state index in [9.17, 15) is 0 Å². The van der Waals surface area contributed by atoms with E-state index in [-0.39, 0.29) is 0 Å². The van der Waals surface area contributed by atoms with Crippen molar-refractivity contribution >= 4 is 11.6 Å². The SMILES string of the molecule is CC(NC1CCCOCC1)c1cccc(Cl)c1. The molecule has 1 aromatic rings. The summed E-state index contributed by atoms with van der Waals surface area (Å²) in [5.74, 6) is 0. The van der Waals surface area contributed by atoms with Gasteiger partial charge in [0.05, 0.1) is 0 Å². The summed E-state index contributed by atoms with van der Waals surface area (Å²) in [6.07, 6.45) is 3.45. The van der Waals surface area contributed by atoms with Crippen molar-refractivity contribution in [2.24, 2.45) is 0 Å². The van der Waals surface area contributed by atoms with Gasteiger partial charge >= 0.3 is 0 Å². The smallest absolute Gasteiger partial charge is 0.0480 e. The van der Waals surface area contributed by atoms with E-state index < -0.39 is 0 Å². The summed E-state index contributed by atoms with van der Waals surface area (Å²) in [4.78, 5) is 0. The predicted octanol–water partition coefficient (Wildman–Crippen LogP) is 3.56. The Morgan fingerprint density at radius 3 is 3.06 bits per heavy atom. The zero-order valence-electron chi connectivity index (χ0n) is 10.3. The molecule has 2 unspecified atom stereocenters. The van der Waals surface area contributed by atoms with Crippen molar-refractivity contribution in [2.75, 3.05) is 13.2 Å². The van der Waals surface area contributed by atoms with Crippen molar-refractivity contribution in [3.63, 3.8) is 0 Å². The third kappa shape index (κ3) is 3.98. The minimum atomic E-state index is 0.344. The van der Waals surface area contributed by atoms with E-state index in [1.165, 1.54) is 12.0 Å². The van der Waals surface area contributed by atoms with Crippen LogP contribution in [0.15, 0.2) is 24.3 Å². The van der Waals surface area contributed by atoms with Gasteiger partial charge in [-0.25, -0.2) is 0 Å². The standard InChI is InChI=1S/C14H20ClNO/c1-11(12-4-2-5-13(15)10-12)16-14-6-3-8-17-9-7-14/h2,4-5,10-11,14,16H,3,6-9H2,1H3. The molecule has 2 atom stereocenters. The second kappa shape index (κ2) is 6.39. The third-order valence-electron chi connectivity index (χ3n) is 3.29. The predicted molar refractivity (Wildman–Crippen MR) is 71.5 cm³/mol. The molecule has 3 heteroatoms. The Morgan fingerprint density at radius 2 is 2.24 bits per heavy atom. The van der Waals surface area contributed by atoms with E-state index in [1.54, 1.807) is 0 Å². The van der Waals surface area contributed by atoms with Crippen LogP contribution in [-0.4, -0.2) is 19.3 Å². The number of rotatable bonds is 3. The van der Waals surface area contributed by atoms with Crippen LogP contribution in [0.2, 0.25) is 5.02 Å². The quantitative estimate of drug-likeness (QED) is 0.889. The van der Waals surface area contributed by atoms with Crippen LogP contribution < -0.4 is 5.32 Å². The van der Waals surface area contributed by atoms with Gasteiger partial charge in [-0.15, -0.1) is 0 Å². The van der Waals surface area contributed by atoms with Gasteiger partial charge in [0.15, 0.2) is 0 Å². The summed E-state index contributed by atoms with van der Waals surface area (Å²) in [5.41, 5.74) is 1.25. The van der Waals surface area contributed by atoms with Crippen molar-refractivity contribution in [1.29, 1.82) is 0 Å². The van der Waals surface area contributed by atoms with Crippen molar-refractivity contribution in [3.05, 3.63) is 34.9 Å². The molecule has 1 saturated heterocycles. The Kier molecular flexibility index (Phi) is 4.84. The van der Waals surface area contributed by atoms with Crippen LogP contribution >= 0.6 is 11.6 Å². The minimum absolute atomic E-state index is 0.344. The first-order chi connectivity index (χ1) is 8.25. The summed E-state index contributed by atoms with van der Waals surface area (Å²) in [6, 6.07) is 8.98. The topological polar surface area (TPSA) is 21.3 Å². The summed E-state index contributed by atoms with van der Waals surface area (Å²) in [6.45, 7) is 3.97. The molecule has 17 heavy (non-hydrogen) atoms. The first-order valence-electron chi connectivity index (χ1n) is 6.35. The first kappa shape index (κ1) is 12.9. The lowest BCUT2D eigenvalue weighted by atomic mass is 10.0. The summed E-state index contributed by atoms with van der Waals surface area (Å²) < 4.78 is 5.47. The van der Waals surface area contributed by atoms with Gasteiger partial charge in [-0.2, -0.15) is 0 Å². The van der Waals surface area contributed by atoms with Crippen LogP contribution in [-0.2, 0) is 4.74 Å². The molecule has 0 radical (unpaired) electrons. The molecule has 0 bridgehead atoms. The molecule has 1 aliphatic rings. The molecule has 2 nitrogen and oxygen atoms in total. The van der Waals surface area contributed by atoms with E-state index in [2.05, 4.69) is 18.3 Å². The van der Waals surface area contributed by atoms with Crippen LogP contribution in [0, 0.1) is 0 Å². The molecular weight excluding hydrogens is 234 g/mol. The summed E-state index contributed by atoms with van der Waals surface area (Å²) in [7, 11) is 0. The second-order valence-electron chi connectivity index (χ2n) is 4.68. The molecule has 0 aromatic heterocycles. The molecule has 0 aliphatic carbocycles. The molecule has 1 fully saturated rings. The maximum Gasteiger partial charge on any atom is 0.0480 e. The van der Waals surface area contributed by atoms with Crippen molar-refractivity contribution < 1.29 is 4.74 Å². The fourth-order valence-corrected chi connectivity index (χ4v) is 2.49. The highest BCUT2D eigenvalue weighted by molar-refractivity contribution is 6.30. The number of ether oxygens (including phenoxy) is 1. The van der Waals surface area contributed by atoms with E-state index in [1.807, 2.05) is 18.2 Å². The normalized spacial score (nSPS) is 23.1. The van der Waals surface area contributed by atoms with Crippen LogP contribution in [0.1, 0.15) is 37.8 Å². The highest BCUT2D eigenvalue weighted by Crippen LogP contribution is 2.19. The average molecular weight is 254 g/mol. The van der Waals surface area contributed by atoms with Gasteiger partial charge in [-0.1, -0.05) is 23.7 Å². The Balaban J connectivity index is 1.93. The number of hydrogen-bond donors (Lipinski definition) is 1. The molecule has 1 aromatic carbocycles. The molecule has 0 spiro atoms. The minimum Gasteiger partial charge on any atom is -0.381 e. The lowest BCUT2D eigenvalue weighted by molar-refractivity contribution is 0.142. The molecule has 2 rings (SSSR count). The van der Waals surface area contributed by atoms with Crippen molar-refractivity contribution in [3.8, 4) is 0 Å². The fourth-order valence-electron chi connectivity index (χ4n) is 2.30. The molecular formula is C14H20ClNO. The monoisotopic (exact) mass is 253 g/mol. The van der Waals surface area contributed by atoms with Crippen LogP contribution in [0.25, 0.3) is 0 Å². The zero-order valence-corrected chi connectivity index (χ0v) is 11.0. The van der Waals surface area contributed by atoms with E-state index in [4.69, 9.17) is 16.3 Å². The van der Waals surface area contributed by atoms with Crippen molar-refractivity contribution in [2.45, 2.75) is 38.3 Å². The van der Waals surface area contributed by atoms with Crippen LogP contribution in [0.5, 0.6) is 0 Å². The number of hydrogen-bond acceptors (Lipinski definition) is 2. The van der Waals surface area contributed by atoms with Gasteiger partial charge in [-0.05, 0) is 43.9 Å². The number of halogens is 1. The lowest BCUT2D eigenvalue weighted by Gasteiger charge is -2.22. The Bertz CT molecular complexity index is 348. The third-order valence-corrected chi connectivity index (χ3v) is 3.52. The zero-order chi connectivity index (χ0) is 12.1. The van der Waals surface area contributed by atoms with E-state index in [0.717, 1.165) is 31.1 Å². The fraction of sp³-hybridized carbons (Fsp3) is 0.571. The van der Waals surface area contributed by atoms with Gasteiger partial charge in [0, 0.05) is 30.3 Å². The molecule has 1 N–H and O–H groups in total. The van der Waals surface area contributed by atoms with Crippen LogP contribution in [0.4, 0.5) is 0 Å². The maximum atomic E-state index is 6.01. The molecule has 0 amide bonds. The van der Waals surface area contributed by atoms with E-state index in [0.29, 0.717) is 12.1 Å². The van der Waals surface area contributed by atoms with Crippen LogP contribution in [0.3, 0.4) is 0 Å². The molecule has 1 heterocycles. The highest BCUT2D eigenvalue weighted by atomic mass is 35.5. The Morgan fingerprint density at radius 1 is 1.35 bits per heavy atom. The van der Waals surface area contributed by atoms with E-state index >= 15 is 0 Å². The molecule has 0 saturated carbocycles. The largest absolute Gasteiger partial charge is 0.381 e. The second-order valence-corrected chi connectivity index (χ2v) is 5.12. The summed E-state index contributed by atoms with van der Waals surface area (Å²) in [5, 5.41) is 4.47. The molecule has 94 valence electrons. The van der Waals surface area contributed by atoms with Gasteiger partial charge < -0.3 is 10.1 Å². The van der Waals surface area contributed by atoms with Gasteiger partial charge in [0.25, 0.3) is 0 Å². The average Bonchev–Trinajstić information content (AvgIpc) is 2.57. The Labute approximate surface area is 108 Å². The number of nitrogens with one attached hydrogen (secondary N) is 1. The van der Waals surface area contributed by atoms with Gasteiger partial charge in [0.2, 0.25) is 0 Å². The van der Waals surface area contributed by atoms with Crippen molar-refractivity contribution in [1.82, 2.24) is 5.32 Å². The van der Waals surface area contributed by atoms with Gasteiger partial charge in [0.1, 0.15) is 0 Å². The molecule has 1 aliphatic heterocycles. The first-order valence-corrected chi connectivity index (χ1v) is 6.73. The highest BCUT2D eigenvalue weighted by Gasteiger charge is 2.15. The summed E-state index contributed by atoms with van der Waals surface area (Å²) >= 11 is 6.01. The number of benzene rings is 1.